The number of rotatable bonds is 5. The average Bonchev–Trinajstić information content (AvgIpc) is 3.75. The summed E-state index contributed by atoms with van der Waals surface area (Å²) in [6.07, 6.45) is 1.86. The molecule has 10 rings (SSSR count). The smallest absolute Gasteiger partial charge is 0.503 e. The average molecular weight is 789 g/mol. The molecule has 4 heterocycles. The summed E-state index contributed by atoms with van der Waals surface area (Å²) >= 11 is 0. The number of aromatic nitrogens is 4. The zero-order valence-corrected chi connectivity index (χ0v) is 31.5. The first-order chi connectivity index (χ1) is 25.9. The Morgan fingerprint density at radius 2 is 1.19 bits per heavy atom. The number of para-hydroxylation sites is 2. The Morgan fingerprint density at radius 3 is 1.91 bits per heavy atom. The van der Waals surface area contributed by atoms with Crippen molar-refractivity contribution in [3.8, 4) is 39.8 Å². The number of hydrogen-bond acceptors (Lipinski definition) is 3. The number of hydrogen-bond donors (Lipinski definition) is 0. The van der Waals surface area contributed by atoms with E-state index < -0.39 is 0 Å². The van der Waals surface area contributed by atoms with E-state index in [9.17, 15) is 0 Å². The summed E-state index contributed by atoms with van der Waals surface area (Å²) in [5, 5.41) is 5.31. The first-order valence-electron chi connectivity index (χ1n) is 17.9. The maximum absolute atomic E-state index is 6.66. The van der Waals surface area contributed by atoms with Crippen LogP contribution in [-0.2, 0) is 25.8 Å². The molecule has 0 aliphatic heterocycles. The Hall–Kier alpha value is -6.06. The zero-order chi connectivity index (χ0) is 35.7. The van der Waals surface area contributed by atoms with Crippen molar-refractivity contribution in [2.24, 2.45) is 0 Å². The minimum Gasteiger partial charge on any atom is -0.503 e. The second-order valence-electron chi connectivity index (χ2n) is 14.5. The molecule has 0 unspecified atom stereocenters. The van der Waals surface area contributed by atoms with Gasteiger partial charge in [-0.15, -0.1) is 29.7 Å². The molecular formula is C48H34N4OPd. The van der Waals surface area contributed by atoms with E-state index in [1.807, 2.05) is 36.5 Å². The molecule has 10 aromatic rings. The second kappa shape index (κ2) is 13.1. The Morgan fingerprint density at radius 1 is 0.574 bits per heavy atom. The van der Waals surface area contributed by atoms with Crippen LogP contribution in [0.4, 0.5) is 0 Å². The third-order valence-corrected chi connectivity index (χ3v) is 10.1. The monoisotopic (exact) mass is 788 g/mol. The summed E-state index contributed by atoms with van der Waals surface area (Å²) in [4.78, 5) is 10.3. The van der Waals surface area contributed by atoms with Crippen LogP contribution in [0.3, 0.4) is 0 Å². The molecular weight excluding hydrogens is 755 g/mol. The number of pyridine rings is 2. The molecule has 4 aromatic heterocycles. The molecule has 6 heteroatoms. The predicted molar refractivity (Wildman–Crippen MR) is 216 cm³/mol. The second-order valence-corrected chi connectivity index (χ2v) is 14.5. The normalized spacial score (nSPS) is 11.8. The van der Waals surface area contributed by atoms with Gasteiger partial charge in [-0.25, -0.2) is 4.98 Å². The molecule has 0 aliphatic carbocycles. The summed E-state index contributed by atoms with van der Waals surface area (Å²) in [5.74, 6) is 2.08. The van der Waals surface area contributed by atoms with Crippen molar-refractivity contribution in [3.05, 3.63) is 169 Å². The largest absolute Gasteiger partial charge is 2.00 e. The quantitative estimate of drug-likeness (QED) is 0.0991. The Labute approximate surface area is 327 Å². The van der Waals surface area contributed by atoms with Gasteiger partial charge in [0.2, 0.25) is 0 Å². The van der Waals surface area contributed by atoms with Gasteiger partial charge in [0, 0.05) is 39.9 Å². The summed E-state index contributed by atoms with van der Waals surface area (Å²) in [7, 11) is 0. The molecule has 262 valence electrons. The van der Waals surface area contributed by atoms with Gasteiger partial charge in [-0.3, -0.25) is 4.98 Å². The van der Waals surface area contributed by atoms with Crippen molar-refractivity contribution in [2.45, 2.75) is 26.2 Å². The summed E-state index contributed by atoms with van der Waals surface area (Å²) in [6.45, 7) is 6.67. The van der Waals surface area contributed by atoms with Gasteiger partial charge in [0.25, 0.3) is 0 Å². The van der Waals surface area contributed by atoms with Crippen LogP contribution in [0, 0.1) is 12.1 Å². The fourth-order valence-corrected chi connectivity index (χ4v) is 7.75. The van der Waals surface area contributed by atoms with Crippen LogP contribution in [0.1, 0.15) is 26.3 Å². The van der Waals surface area contributed by atoms with E-state index in [-0.39, 0.29) is 25.8 Å². The van der Waals surface area contributed by atoms with E-state index in [0.29, 0.717) is 11.5 Å². The van der Waals surface area contributed by atoms with E-state index in [1.165, 1.54) is 0 Å². The van der Waals surface area contributed by atoms with Crippen LogP contribution >= 0.6 is 0 Å². The molecule has 0 amide bonds. The standard InChI is InChI=1S/C48H34N4O.Pd/c1-48(2,3)40-21-14-28-49-47(40)51-41-22-12-11-20-37(41)38-27-25-34(30-43(38)51)53-33-24-26-35-36-19-10-13-23-42(36)52-45(32-17-8-5-9-18-32)44(31-15-6-4-7-16-31)50-46(52)39(35)29-33;/h4-28H,1-3H3;/q-2;+2. The van der Waals surface area contributed by atoms with Crippen LogP contribution in [0.2, 0.25) is 0 Å². The molecule has 0 fully saturated rings. The van der Waals surface area contributed by atoms with E-state index in [1.54, 1.807) is 0 Å². The molecule has 0 saturated carbocycles. The third kappa shape index (κ3) is 5.41. The fraction of sp³-hybridized carbons (Fsp3) is 0.0833. The third-order valence-electron chi connectivity index (χ3n) is 10.1. The van der Waals surface area contributed by atoms with Gasteiger partial charge in [-0.1, -0.05) is 146 Å². The molecule has 0 N–H and O–H groups in total. The first kappa shape index (κ1) is 33.8. The summed E-state index contributed by atoms with van der Waals surface area (Å²) < 4.78 is 11.2. The summed E-state index contributed by atoms with van der Waals surface area (Å²) in [6, 6.07) is 57.6. The molecule has 5 nitrogen and oxygen atoms in total. The molecule has 0 aliphatic rings. The van der Waals surface area contributed by atoms with Crippen LogP contribution in [0.5, 0.6) is 11.5 Å². The van der Waals surface area contributed by atoms with E-state index in [2.05, 4.69) is 157 Å². The molecule has 6 aromatic carbocycles. The van der Waals surface area contributed by atoms with Gasteiger partial charge in [0.15, 0.2) is 0 Å². The van der Waals surface area contributed by atoms with Crippen LogP contribution in [0.25, 0.3) is 77.5 Å². The Balaban J connectivity index is 0.00000384. The molecule has 0 radical (unpaired) electrons. The van der Waals surface area contributed by atoms with Crippen LogP contribution in [-0.4, -0.2) is 18.9 Å². The number of benzene rings is 6. The summed E-state index contributed by atoms with van der Waals surface area (Å²) in [5.41, 5.74) is 9.06. The molecule has 0 bridgehead atoms. The van der Waals surface area contributed by atoms with Crippen molar-refractivity contribution in [3.63, 3.8) is 0 Å². The zero-order valence-electron chi connectivity index (χ0n) is 29.9. The van der Waals surface area contributed by atoms with Gasteiger partial charge >= 0.3 is 20.4 Å². The minimum atomic E-state index is -0.113. The van der Waals surface area contributed by atoms with Crippen molar-refractivity contribution in [1.82, 2.24) is 18.9 Å². The molecule has 54 heavy (non-hydrogen) atoms. The van der Waals surface area contributed by atoms with Crippen LogP contribution < -0.4 is 4.74 Å². The van der Waals surface area contributed by atoms with E-state index in [4.69, 9.17) is 14.7 Å². The maximum atomic E-state index is 6.66. The van der Waals surface area contributed by atoms with Crippen molar-refractivity contribution in [2.75, 3.05) is 0 Å². The maximum Gasteiger partial charge on any atom is 2.00 e. The van der Waals surface area contributed by atoms with Crippen molar-refractivity contribution < 1.29 is 25.2 Å². The van der Waals surface area contributed by atoms with Gasteiger partial charge < -0.3 is 13.7 Å². The van der Waals surface area contributed by atoms with Crippen molar-refractivity contribution in [1.29, 1.82) is 0 Å². The molecule has 0 saturated heterocycles. The Bertz CT molecular complexity index is 3010. The topological polar surface area (TPSA) is 44.4 Å². The number of imidazole rings is 1. The predicted octanol–water partition coefficient (Wildman–Crippen LogP) is 12.2. The Kier molecular flexibility index (Phi) is 8.19. The van der Waals surface area contributed by atoms with Gasteiger partial charge in [0.1, 0.15) is 5.82 Å². The van der Waals surface area contributed by atoms with Gasteiger partial charge in [-0.2, -0.15) is 6.07 Å². The number of nitrogens with zero attached hydrogens (tertiary/aromatic N) is 4. The fourth-order valence-electron chi connectivity index (χ4n) is 7.75. The minimum absolute atomic E-state index is 0. The van der Waals surface area contributed by atoms with Gasteiger partial charge in [-0.05, 0) is 39.9 Å². The van der Waals surface area contributed by atoms with Crippen molar-refractivity contribution >= 4 is 49.1 Å². The van der Waals surface area contributed by atoms with Crippen LogP contribution in [0.15, 0.2) is 152 Å². The molecule has 0 atom stereocenters. The first-order valence-corrected chi connectivity index (χ1v) is 17.9. The van der Waals surface area contributed by atoms with Gasteiger partial charge in [0.05, 0.1) is 17.0 Å². The number of fused-ring (bicyclic) bond motifs is 9. The SMILES string of the molecule is CC(C)(C)c1cccnc1-n1c2[c-]c(Oc3[c-]c4c(cc3)c3ccccc3n3c(-c5ccccc5)c(-c5ccccc5)nc43)ccc2c2ccccc21.[Pd+2]. The van der Waals surface area contributed by atoms with E-state index >= 15 is 0 Å². The van der Waals surface area contributed by atoms with E-state index in [0.717, 1.165) is 83.0 Å². The number of ether oxygens (including phenoxy) is 1. The molecule has 0 spiro atoms.